The molecule has 6 nitrogen and oxygen atoms in total. The zero-order valence-corrected chi connectivity index (χ0v) is 14.7. The molecule has 0 aliphatic heterocycles. The first-order valence-electron chi connectivity index (χ1n) is 8.33. The molecule has 1 atom stereocenters. The van der Waals surface area contributed by atoms with Crippen molar-refractivity contribution in [2.45, 2.75) is 6.04 Å². The lowest BCUT2D eigenvalue weighted by Crippen LogP contribution is -2.24. The van der Waals surface area contributed by atoms with Crippen LogP contribution >= 0.6 is 0 Å². The number of benzene rings is 2. The van der Waals surface area contributed by atoms with Crippen LogP contribution in [0.15, 0.2) is 48.7 Å². The van der Waals surface area contributed by atoms with Gasteiger partial charge in [0, 0.05) is 18.1 Å². The second kappa shape index (κ2) is 7.81. The Kier molecular flexibility index (Phi) is 5.29. The number of fused-ring (bicyclic) bond motifs is 1. The number of halogens is 1. The Hall–Kier alpha value is -3.50. The summed E-state index contributed by atoms with van der Waals surface area (Å²) in [6.45, 7) is 0.494. The third kappa shape index (κ3) is 3.71. The fraction of sp³-hybridized carbons (Fsp3) is 0.150. The van der Waals surface area contributed by atoms with Crippen molar-refractivity contribution in [3.63, 3.8) is 0 Å². The Morgan fingerprint density at radius 1 is 1.33 bits per heavy atom. The number of carbonyl (C=O) groups excluding carboxylic acids is 1. The minimum Gasteiger partial charge on any atom is -0.375 e. The summed E-state index contributed by atoms with van der Waals surface area (Å²) in [7, 11) is 1.79. The Morgan fingerprint density at radius 2 is 2.11 bits per heavy atom. The SMILES string of the molecule is CNC[C@@H](Nc1c(C#N)cnc2c(C(N)=O)cccc12)c1cccc(F)c1. The molecule has 0 unspecified atom stereocenters. The largest absolute Gasteiger partial charge is 0.375 e. The van der Waals surface area contributed by atoms with Gasteiger partial charge in [-0.3, -0.25) is 9.78 Å². The molecule has 136 valence electrons. The van der Waals surface area contributed by atoms with Gasteiger partial charge in [0.05, 0.1) is 28.4 Å². The van der Waals surface area contributed by atoms with Gasteiger partial charge < -0.3 is 16.4 Å². The van der Waals surface area contributed by atoms with Crippen LogP contribution in [0, 0.1) is 17.1 Å². The molecular weight excluding hydrogens is 345 g/mol. The van der Waals surface area contributed by atoms with Crippen LogP contribution in [0.5, 0.6) is 0 Å². The average Bonchev–Trinajstić information content (AvgIpc) is 2.67. The van der Waals surface area contributed by atoms with Crippen LogP contribution in [0.2, 0.25) is 0 Å². The molecule has 1 aromatic heterocycles. The summed E-state index contributed by atoms with van der Waals surface area (Å²) in [5.41, 5.74) is 7.70. The number of primary amides is 1. The van der Waals surface area contributed by atoms with E-state index in [0.717, 1.165) is 5.56 Å². The lowest BCUT2D eigenvalue weighted by atomic mass is 10.0. The summed E-state index contributed by atoms with van der Waals surface area (Å²) < 4.78 is 13.7. The number of nitrogens with one attached hydrogen (secondary N) is 2. The smallest absolute Gasteiger partial charge is 0.250 e. The number of amides is 1. The van der Waals surface area contributed by atoms with Crippen LogP contribution in [0.3, 0.4) is 0 Å². The van der Waals surface area contributed by atoms with Crippen LogP contribution < -0.4 is 16.4 Å². The van der Waals surface area contributed by atoms with Gasteiger partial charge in [0.25, 0.3) is 5.91 Å². The molecule has 0 bridgehead atoms. The van der Waals surface area contributed by atoms with Gasteiger partial charge in [0.1, 0.15) is 11.9 Å². The quantitative estimate of drug-likeness (QED) is 0.625. The minimum atomic E-state index is -0.597. The second-order valence-electron chi connectivity index (χ2n) is 6.03. The highest BCUT2D eigenvalue weighted by Crippen LogP contribution is 2.31. The number of pyridine rings is 1. The van der Waals surface area contributed by atoms with Crippen LogP contribution in [0.25, 0.3) is 10.9 Å². The number of nitrogens with two attached hydrogens (primary N) is 1. The standard InChI is InChI=1S/C20H18FN5O/c1-24-11-17(12-4-2-5-14(21)8-12)26-18-13(9-22)10-25-19-15(18)6-3-7-16(19)20(23)27/h2-8,10,17,24H,11H2,1H3,(H2,23,27)(H,25,26)/t17-/m1/s1. The molecule has 1 amide bonds. The minimum absolute atomic E-state index is 0.274. The number of likely N-dealkylation sites (N-methyl/N-ethyl adjacent to an activating group) is 1. The van der Waals surface area contributed by atoms with E-state index in [1.807, 2.05) is 6.07 Å². The number of carbonyl (C=O) groups is 1. The van der Waals surface area contributed by atoms with E-state index in [1.165, 1.54) is 18.3 Å². The molecule has 3 aromatic rings. The van der Waals surface area contributed by atoms with Gasteiger partial charge in [-0.15, -0.1) is 0 Å². The van der Waals surface area contributed by atoms with Gasteiger partial charge in [-0.25, -0.2) is 4.39 Å². The van der Waals surface area contributed by atoms with Crippen LogP contribution in [-0.2, 0) is 0 Å². The molecule has 0 spiro atoms. The van der Waals surface area contributed by atoms with E-state index in [0.29, 0.717) is 28.7 Å². The zero-order chi connectivity index (χ0) is 19.4. The fourth-order valence-electron chi connectivity index (χ4n) is 3.02. The molecule has 27 heavy (non-hydrogen) atoms. The number of aromatic nitrogens is 1. The summed E-state index contributed by atoms with van der Waals surface area (Å²) in [5, 5.41) is 16.5. The lowest BCUT2D eigenvalue weighted by molar-refractivity contribution is 0.100. The first kappa shape index (κ1) is 18.3. The molecule has 7 heteroatoms. The lowest BCUT2D eigenvalue weighted by Gasteiger charge is -2.22. The molecule has 4 N–H and O–H groups in total. The highest BCUT2D eigenvalue weighted by Gasteiger charge is 2.18. The van der Waals surface area contributed by atoms with Gasteiger partial charge in [-0.05, 0) is 30.8 Å². The monoisotopic (exact) mass is 363 g/mol. The Bertz CT molecular complexity index is 1040. The summed E-state index contributed by atoms with van der Waals surface area (Å²) in [5.74, 6) is -0.938. The second-order valence-corrected chi connectivity index (χ2v) is 6.03. The third-order valence-electron chi connectivity index (χ3n) is 4.26. The zero-order valence-electron chi connectivity index (χ0n) is 14.7. The van der Waals surface area contributed by atoms with Crippen molar-refractivity contribution in [1.82, 2.24) is 10.3 Å². The molecule has 0 fully saturated rings. The van der Waals surface area contributed by atoms with Crippen molar-refractivity contribution < 1.29 is 9.18 Å². The van der Waals surface area contributed by atoms with Gasteiger partial charge in [-0.1, -0.05) is 24.3 Å². The molecule has 3 rings (SSSR count). The highest BCUT2D eigenvalue weighted by atomic mass is 19.1. The van der Waals surface area contributed by atoms with Crippen molar-refractivity contribution in [3.8, 4) is 6.07 Å². The molecule has 2 aromatic carbocycles. The maximum atomic E-state index is 13.7. The molecule has 1 heterocycles. The Balaban J connectivity index is 2.15. The average molecular weight is 363 g/mol. The van der Waals surface area contributed by atoms with Gasteiger partial charge in [0.15, 0.2) is 0 Å². The fourth-order valence-corrected chi connectivity index (χ4v) is 3.02. The van der Waals surface area contributed by atoms with Gasteiger partial charge >= 0.3 is 0 Å². The van der Waals surface area contributed by atoms with Crippen molar-refractivity contribution in [1.29, 1.82) is 5.26 Å². The maximum Gasteiger partial charge on any atom is 0.250 e. The van der Waals surface area contributed by atoms with E-state index in [1.54, 1.807) is 31.3 Å². The number of nitrogens with zero attached hydrogens (tertiary/aromatic N) is 2. The Morgan fingerprint density at radius 3 is 2.78 bits per heavy atom. The number of hydrogen-bond acceptors (Lipinski definition) is 5. The molecule has 0 saturated heterocycles. The van der Waals surface area contributed by atoms with Crippen molar-refractivity contribution in [2.75, 3.05) is 18.9 Å². The molecule has 0 aliphatic rings. The number of nitriles is 1. The predicted molar refractivity (Wildman–Crippen MR) is 102 cm³/mol. The molecule has 0 saturated carbocycles. The van der Waals surface area contributed by atoms with Crippen molar-refractivity contribution >= 4 is 22.5 Å². The molecular formula is C20H18FN5O. The first-order chi connectivity index (χ1) is 13.0. The Labute approximate surface area is 155 Å². The topological polar surface area (TPSA) is 104 Å². The van der Waals surface area contributed by atoms with Crippen LogP contribution in [-0.4, -0.2) is 24.5 Å². The van der Waals surface area contributed by atoms with Crippen molar-refractivity contribution in [2.24, 2.45) is 5.73 Å². The van der Waals surface area contributed by atoms with E-state index in [2.05, 4.69) is 21.7 Å². The van der Waals surface area contributed by atoms with Gasteiger partial charge in [-0.2, -0.15) is 5.26 Å². The molecule has 0 radical (unpaired) electrons. The van der Waals surface area contributed by atoms with Crippen LogP contribution in [0.1, 0.15) is 27.5 Å². The number of rotatable bonds is 6. The van der Waals surface area contributed by atoms with E-state index < -0.39 is 5.91 Å². The van der Waals surface area contributed by atoms with Gasteiger partial charge in [0.2, 0.25) is 0 Å². The normalized spacial score (nSPS) is 11.7. The predicted octanol–water partition coefficient (Wildman–Crippen LogP) is 2.72. The van der Waals surface area contributed by atoms with E-state index >= 15 is 0 Å². The van der Waals surface area contributed by atoms with Crippen LogP contribution in [0.4, 0.5) is 10.1 Å². The number of anilines is 1. The number of para-hydroxylation sites is 1. The van der Waals surface area contributed by atoms with E-state index in [4.69, 9.17) is 5.73 Å². The maximum absolute atomic E-state index is 13.7. The summed E-state index contributed by atoms with van der Waals surface area (Å²) >= 11 is 0. The summed E-state index contributed by atoms with van der Waals surface area (Å²) in [6.07, 6.45) is 1.40. The first-order valence-corrected chi connectivity index (χ1v) is 8.33. The highest BCUT2D eigenvalue weighted by molar-refractivity contribution is 6.08. The van der Waals surface area contributed by atoms with E-state index in [9.17, 15) is 14.4 Å². The van der Waals surface area contributed by atoms with Crippen molar-refractivity contribution in [3.05, 3.63) is 71.2 Å². The third-order valence-corrected chi connectivity index (χ3v) is 4.26. The molecule has 0 aliphatic carbocycles. The van der Waals surface area contributed by atoms with E-state index in [-0.39, 0.29) is 17.4 Å². The number of hydrogen-bond donors (Lipinski definition) is 3. The summed E-state index contributed by atoms with van der Waals surface area (Å²) in [4.78, 5) is 15.9. The summed E-state index contributed by atoms with van der Waals surface area (Å²) in [6, 6.07) is 13.1.